The van der Waals surface area contributed by atoms with E-state index in [1.165, 1.54) is 6.20 Å². The summed E-state index contributed by atoms with van der Waals surface area (Å²) in [5.41, 5.74) is 0.177. The minimum atomic E-state index is -0.471. The predicted molar refractivity (Wildman–Crippen MR) is 72.9 cm³/mol. The molecule has 2 heterocycles. The summed E-state index contributed by atoms with van der Waals surface area (Å²) in [6, 6.07) is 1.59. The summed E-state index contributed by atoms with van der Waals surface area (Å²) >= 11 is 0. The minimum absolute atomic E-state index is 0.0435. The number of aryl methyl sites for hydroxylation is 1. The topological polar surface area (TPSA) is 86.5 Å². The number of aromatic nitrogens is 1. The highest BCUT2D eigenvalue weighted by Crippen LogP contribution is 2.28. The molecule has 1 aliphatic rings. The van der Waals surface area contributed by atoms with Crippen molar-refractivity contribution in [1.29, 1.82) is 0 Å². The third-order valence-corrected chi connectivity index (χ3v) is 3.09. The summed E-state index contributed by atoms with van der Waals surface area (Å²) in [5.74, 6) is 0.0435. The normalized spacial score (nSPS) is 21.4. The molecule has 0 amide bonds. The minimum Gasteiger partial charge on any atom is -0.470 e. The first-order valence-corrected chi connectivity index (χ1v) is 6.50. The molecule has 110 valence electrons. The number of rotatable bonds is 4. The highest BCUT2D eigenvalue weighted by atomic mass is 16.6. The molecule has 1 atom stereocenters. The number of pyridine rings is 1. The number of nitrogens with zero attached hydrogens (tertiary/aromatic N) is 2. The van der Waals surface area contributed by atoms with Gasteiger partial charge in [-0.3, -0.25) is 10.1 Å². The maximum absolute atomic E-state index is 11.0. The standard InChI is InChI=1S/C13H19N3O4/c1-9-4-5-15-12(11(9)16(17)18)19-7-10-6-14-8-13(2,3)20-10/h4-5,10,14H,6-8H2,1-3H3. The number of hydrogen-bond donors (Lipinski definition) is 1. The highest BCUT2D eigenvalue weighted by molar-refractivity contribution is 5.47. The zero-order chi connectivity index (χ0) is 14.8. The monoisotopic (exact) mass is 281 g/mol. The Morgan fingerprint density at radius 1 is 1.65 bits per heavy atom. The molecule has 2 rings (SSSR count). The van der Waals surface area contributed by atoms with Crippen molar-refractivity contribution in [2.45, 2.75) is 32.5 Å². The molecule has 0 aromatic carbocycles. The van der Waals surface area contributed by atoms with Crippen LogP contribution in [-0.2, 0) is 4.74 Å². The third kappa shape index (κ3) is 3.43. The van der Waals surface area contributed by atoms with Crippen molar-refractivity contribution in [3.05, 3.63) is 27.9 Å². The van der Waals surface area contributed by atoms with Gasteiger partial charge < -0.3 is 14.8 Å². The molecule has 20 heavy (non-hydrogen) atoms. The van der Waals surface area contributed by atoms with E-state index in [0.717, 1.165) is 6.54 Å². The van der Waals surface area contributed by atoms with E-state index < -0.39 is 4.92 Å². The molecule has 1 unspecified atom stereocenters. The molecule has 1 aromatic rings. The van der Waals surface area contributed by atoms with Crippen LogP contribution >= 0.6 is 0 Å². The Morgan fingerprint density at radius 3 is 3.05 bits per heavy atom. The predicted octanol–water partition coefficient (Wildman–Crippen LogP) is 1.44. The summed E-state index contributed by atoms with van der Waals surface area (Å²) in [6.45, 7) is 7.29. The van der Waals surface area contributed by atoms with Gasteiger partial charge in [0.25, 0.3) is 5.88 Å². The zero-order valence-corrected chi connectivity index (χ0v) is 11.9. The lowest BCUT2D eigenvalue weighted by Gasteiger charge is -2.36. The van der Waals surface area contributed by atoms with Crippen molar-refractivity contribution in [3.63, 3.8) is 0 Å². The van der Waals surface area contributed by atoms with Crippen molar-refractivity contribution in [2.24, 2.45) is 0 Å². The van der Waals surface area contributed by atoms with Crippen molar-refractivity contribution in [3.8, 4) is 5.88 Å². The first-order valence-electron chi connectivity index (χ1n) is 6.50. The van der Waals surface area contributed by atoms with Gasteiger partial charge in [-0.15, -0.1) is 0 Å². The van der Waals surface area contributed by atoms with Crippen LogP contribution in [-0.4, -0.2) is 41.3 Å². The molecule has 1 aliphatic heterocycles. The Hall–Kier alpha value is -1.73. The Kier molecular flexibility index (Phi) is 4.20. The lowest BCUT2D eigenvalue weighted by molar-refractivity contribution is -0.386. The Balaban J connectivity index is 2.04. The fourth-order valence-corrected chi connectivity index (χ4v) is 2.19. The van der Waals surface area contributed by atoms with E-state index in [2.05, 4.69) is 10.3 Å². The van der Waals surface area contributed by atoms with E-state index >= 15 is 0 Å². The van der Waals surface area contributed by atoms with Crippen LogP contribution in [0.25, 0.3) is 0 Å². The van der Waals surface area contributed by atoms with Crippen LogP contribution in [0.3, 0.4) is 0 Å². The molecule has 7 nitrogen and oxygen atoms in total. The van der Waals surface area contributed by atoms with Gasteiger partial charge in [0.15, 0.2) is 0 Å². The molecule has 1 fully saturated rings. The fraction of sp³-hybridized carbons (Fsp3) is 0.615. The van der Waals surface area contributed by atoms with Crippen molar-refractivity contribution in [2.75, 3.05) is 19.7 Å². The Bertz CT molecular complexity index is 504. The van der Waals surface area contributed by atoms with Crippen LogP contribution in [0.2, 0.25) is 0 Å². The van der Waals surface area contributed by atoms with Gasteiger partial charge in [0, 0.05) is 24.8 Å². The van der Waals surface area contributed by atoms with Gasteiger partial charge in [-0.1, -0.05) is 0 Å². The van der Waals surface area contributed by atoms with Crippen LogP contribution < -0.4 is 10.1 Å². The molecule has 1 saturated heterocycles. The molecule has 0 spiro atoms. The van der Waals surface area contributed by atoms with E-state index in [1.807, 2.05) is 13.8 Å². The van der Waals surface area contributed by atoms with Crippen molar-refractivity contribution in [1.82, 2.24) is 10.3 Å². The first-order chi connectivity index (χ1) is 9.39. The van der Waals surface area contributed by atoms with Crippen molar-refractivity contribution < 1.29 is 14.4 Å². The largest absolute Gasteiger partial charge is 0.470 e. The zero-order valence-electron chi connectivity index (χ0n) is 11.9. The maximum atomic E-state index is 11.0. The number of ether oxygens (including phenoxy) is 2. The maximum Gasteiger partial charge on any atom is 0.333 e. The molecule has 0 saturated carbocycles. The molecule has 1 aromatic heterocycles. The van der Waals surface area contributed by atoms with Crippen molar-refractivity contribution >= 4 is 5.69 Å². The summed E-state index contributed by atoms with van der Waals surface area (Å²) in [6.07, 6.45) is 1.35. The molecule has 7 heteroatoms. The average Bonchev–Trinajstić information content (AvgIpc) is 2.34. The van der Waals surface area contributed by atoms with Gasteiger partial charge in [0.1, 0.15) is 12.7 Å². The third-order valence-electron chi connectivity index (χ3n) is 3.09. The van der Waals surface area contributed by atoms with Crippen LogP contribution in [0.4, 0.5) is 5.69 Å². The van der Waals surface area contributed by atoms with Crippen LogP contribution in [0.5, 0.6) is 5.88 Å². The average molecular weight is 281 g/mol. The summed E-state index contributed by atoms with van der Waals surface area (Å²) in [7, 11) is 0. The lowest BCUT2D eigenvalue weighted by Crippen LogP contribution is -2.52. The second-order valence-corrected chi connectivity index (χ2v) is 5.48. The Morgan fingerprint density at radius 2 is 2.40 bits per heavy atom. The smallest absolute Gasteiger partial charge is 0.333 e. The SMILES string of the molecule is Cc1ccnc(OCC2CNCC(C)(C)O2)c1[N+](=O)[O-]. The quantitative estimate of drug-likeness (QED) is 0.664. The lowest BCUT2D eigenvalue weighted by atomic mass is 10.1. The van der Waals surface area contributed by atoms with E-state index in [1.54, 1.807) is 13.0 Å². The number of nitro groups is 1. The van der Waals surface area contributed by atoms with Gasteiger partial charge in [-0.05, 0) is 26.8 Å². The highest BCUT2D eigenvalue weighted by Gasteiger charge is 2.29. The van der Waals surface area contributed by atoms with Crippen LogP contribution in [0.15, 0.2) is 12.3 Å². The molecular weight excluding hydrogens is 262 g/mol. The fourth-order valence-electron chi connectivity index (χ4n) is 2.19. The number of morpholine rings is 1. The number of nitrogens with one attached hydrogen (secondary N) is 1. The summed E-state index contributed by atoms with van der Waals surface area (Å²) < 4.78 is 11.3. The van der Waals surface area contributed by atoms with E-state index in [4.69, 9.17) is 9.47 Å². The molecular formula is C13H19N3O4. The van der Waals surface area contributed by atoms with E-state index in [9.17, 15) is 10.1 Å². The molecule has 0 bridgehead atoms. The van der Waals surface area contributed by atoms with Gasteiger partial charge in [0.2, 0.25) is 0 Å². The second-order valence-electron chi connectivity index (χ2n) is 5.48. The first kappa shape index (κ1) is 14.7. The molecule has 0 aliphatic carbocycles. The van der Waals surface area contributed by atoms with Gasteiger partial charge in [-0.2, -0.15) is 0 Å². The summed E-state index contributed by atoms with van der Waals surface area (Å²) in [4.78, 5) is 14.5. The van der Waals surface area contributed by atoms with Gasteiger partial charge in [0.05, 0.1) is 10.5 Å². The molecule has 0 radical (unpaired) electrons. The van der Waals surface area contributed by atoms with Crippen LogP contribution in [0, 0.1) is 17.0 Å². The number of hydrogen-bond acceptors (Lipinski definition) is 6. The summed E-state index contributed by atoms with van der Waals surface area (Å²) in [5, 5.41) is 14.3. The Labute approximate surface area is 117 Å². The van der Waals surface area contributed by atoms with E-state index in [-0.39, 0.29) is 29.9 Å². The van der Waals surface area contributed by atoms with E-state index in [0.29, 0.717) is 12.1 Å². The second kappa shape index (κ2) is 5.72. The van der Waals surface area contributed by atoms with Crippen LogP contribution in [0.1, 0.15) is 19.4 Å². The van der Waals surface area contributed by atoms with Gasteiger partial charge in [-0.25, -0.2) is 4.98 Å². The van der Waals surface area contributed by atoms with Gasteiger partial charge >= 0.3 is 5.69 Å². The molecule has 1 N–H and O–H groups in total.